The number of anilines is 1. The Morgan fingerprint density at radius 2 is 1.57 bits per heavy atom. The zero-order chi connectivity index (χ0) is 26.2. The summed E-state index contributed by atoms with van der Waals surface area (Å²) in [4.78, 5) is 10.8. The maximum Gasteiger partial charge on any atom is 0.254 e. The molecule has 0 radical (unpaired) electrons. The topological polar surface area (TPSA) is 111 Å². The van der Waals surface area contributed by atoms with Crippen molar-refractivity contribution in [2.45, 2.75) is 4.90 Å². The molecule has 0 bridgehead atoms. The van der Waals surface area contributed by atoms with Crippen molar-refractivity contribution in [2.24, 2.45) is 0 Å². The van der Waals surface area contributed by atoms with E-state index < -0.39 is 10.0 Å². The number of fused-ring (bicyclic) bond motifs is 1. The molecule has 0 spiro atoms. The van der Waals surface area contributed by atoms with Crippen molar-refractivity contribution in [1.29, 1.82) is 0 Å². The lowest BCUT2D eigenvalue weighted by molar-refractivity contribution is 0.355. The predicted molar refractivity (Wildman–Crippen MR) is 138 cm³/mol. The van der Waals surface area contributed by atoms with E-state index >= 15 is 0 Å². The van der Waals surface area contributed by atoms with Gasteiger partial charge < -0.3 is 19.1 Å². The molecule has 0 aliphatic carbocycles. The van der Waals surface area contributed by atoms with E-state index in [4.69, 9.17) is 25.8 Å². The van der Waals surface area contributed by atoms with E-state index in [1.54, 1.807) is 37.1 Å². The fourth-order valence-electron chi connectivity index (χ4n) is 4.41. The summed E-state index contributed by atoms with van der Waals surface area (Å²) < 4.78 is 46.2. The van der Waals surface area contributed by atoms with Crippen LogP contribution in [0.5, 0.6) is 17.2 Å². The van der Waals surface area contributed by atoms with Crippen molar-refractivity contribution in [3.63, 3.8) is 0 Å². The molecule has 3 heterocycles. The van der Waals surface area contributed by atoms with E-state index in [1.807, 2.05) is 18.2 Å². The number of ether oxygens (including phenoxy) is 3. The minimum absolute atomic E-state index is 0.0459. The standard InChI is InChI=1S/C24H25ClN6O5S/c1-34-19-6-4-16(12-21(19)36-3)18-14-26-24-27-15-28-31(24)23(18)29-8-10-30(11-9-29)37(32,33)22-13-17(25)5-7-20(22)35-2/h4-7,12-15H,8-11H2,1-3H3. The maximum atomic E-state index is 13.5. The summed E-state index contributed by atoms with van der Waals surface area (Å²) in [6.07, 6.45) is 3.18. The first kappa shape index (κ1) is 25.1. The number of hydrogen-bond donors (Lipinski definition) is 0. The first-order valence-electron chi connectivity index (χ1n) is 11.4. The minimum atomic E-state index is -3.82. The van der Waals surface area contributed by atoms with Crippen LogP contribution in [0.4, 0.5) is 5.82 Å². The van der Waals surface area contributed by atoms with Gasteiger partial charge in [-0.05, 0) is 35.9 Å². The molecule has 5 rings (SSSR count). The Balaban J connectivity index is 1.49. The molecular weight excluding hydrogens is 520 g/mol. The second-order valence-electron chi connectivity index (χ2n) is 8.22. The molecule has 0 N–H and O–H groups in total. The number of hydrogen-bond acceptors (Lipinski definition) is 9. The first-order valence-corrected chi connectivity index (χ1v) is 13.2. The SMILES string of the molecule is COc1ccc(-c2cnc3ncnn3c2N2CCN(S(=O)(=O)c3cc(Cl)ccc3OC)CC2)cc1OC. The molecule has 37 heavy (non-hydrogen) atoms. The number of piperazine rings is 1. The summed E-state index contributed by atoms with van der Waals surface area (Å²) in [7, 11) is 0.771. The maximum absolute atomic E-state index is 13.5. The van der Waals surface area contributed by atoms with Gasteiger partial charge in [-0.3, -0.25) is 0 Å². The van der Waals surface area contributed by atoms with Crippen LogP contribution in [-0.2, 0) is 10.0 Å². The highest BCUT2D eigenvalue weighted by Crippen LogP contribution is 2.37. The van der Waals surface area contributed by atoms with Gasteiger partial charge in [0.25, 0.3) is 5.78 Å². The van der Waals surface area contributed by atoms with Crippen molar-refractivity contribution in [1.82, 2.24) is 23.9 Å². The zero-order valence-corrected chi connectivity index (χ0v) is 22.0. The second-order valence-corrected chi connectivity index (χ2v) is 10.6. The Morgan fingerprint density at radius 1 is 0.865 bits per heavy atom. The third-order valence-electron chi connectivity index (χ3n) is 6.26. The fraction of sp³-hybridized carbons (Fsp3) is 0.292. The molecule has 0 unspecified atom stereocenters. The van der Waals surface area contributed by atoms with Gasteiger partial charge in [0.05, 0.1) is 21.3 Å². The number of methoxy groups -OCH3 is 3. The van der Waals surface area contributed by atoms with Crippen molar-refractivity contribution >= 4 is 33.2 Å². The van der Waals surface area contributed by atoms with Gasteiger partial charge in [0.1, 0.15) is 22.8 Å². The van der Waals surface area contributed by atoms with Crippen LogP contribution in [0, 0.1) is 0 Å². The Hall–Kier alpha value is -3.61. The summed E-state index contributed by atoms with van der Waals surface area (Å²) in [6, 6.07) is 10.2. The fourth-order valence-corrected chi connectivity index (χ4v) is 6.25. The summed E-state index contributed by atoms with van der Waals surface area (Å²) in [5.41, 5.74) is 1.64. The monoisotopic (exact) mass is 544 g/mol. The van der Waals surface area contributed by atoms with Crippen LogP contribution in [0.15, 0.2) is 53.8 Å². The average Bonchev–Trinajstić information content (AvgIpc) is 3.41. The van der Waals surface area contributed by atoms with Crippen LogP contribution in [-0.4, -0.2) is 79.8 Å². The molecule has 0 atom stereocenters. The zero-order valence-electron chi connectivity index (χ0n) is 20.5. The highest BCUT2D eigenvalue weighted by atomic mass is 35.5. The Kier molecular flexibility index (Phi) is 6.80. The molecule has 0 amide bonds. The minimum Gasteiger partial charge on any atom is -0.495 e. The van der Waals surface area contributed by atoms with Gasteiger partial charge in [0.2, 0.25) is 10.0 Å². The molecule has 1 saturated heterocycles. The Morgan fingerprint density at radius 3 is 2.27 bits per heavy atom. The number of nitrogens with zero attached hydrogens (tertiary/aromatic N) is 6. The van der Waals surface area contributed by atoms with E-state index in [0.717, 1.165) is 16.9 Å². The molecule has 2 aromatic carbocycles. The van der Waals surface area contributed by atoms with Crippen LogP contribution in [0.2, 0.25) is 5.02 Å². The van der Waals surface area contributed by atoms with Crippen molar-refractivity contribution in [3.8, 4) is 28.4 Å². The lowest BCUT2D eigenvalue weighted by Gasteiger charge is -2.36. The summed E-state index contributed by atoms with van der Waals surface area (Å²) in [6.45, 7) is 1.34. The highest BCUT2D eigenvalue weighted by Gasteiger charge is 2.32. The van der Waals surface area contributed by atoms with Gasteiger partial charge in [0, 0.05) is 43.0 Å². The van der Waals surface area contributed by atoms with E-state index in [1.165, 1.54) is 23.8 Å². The third-order valence-corrected chi connectivity index (χ3v) is 8.41. The van der Waals surface area contributed by atoms with Crippen molar-refractivity contribution in [2.75, 3.05) is 52.4 Å². The number of aromatic nitrogens is 4. The Bertz CT molecular complexity index is 1550. The highest BCUT2D eigenvalue weighted by molar-refractivity contribution is 7.89. The average molecular weight is 545 g/mol. The molecule has 1 fully saturated rings. The van der Waals surface area contributed by atoms with Crippen molar-refractivity contribution < 1.29 is 22.6 Å². The van der Waals surface area contributed by atoms with Gasteiger partial charge in [-0.1, -0.05) is 17.7 Å². The molecule has 1 aliphatic rings. The third kappa shape index (κ3) is 4.52. The van der Waals surface area contributed by atoms with E-state index in [2.05, 4.69) is 20.0 Å². The van der Waals surface area contributed by atoms with Gasteiger partial charge in [0.15, 0.2) is 11.5 Å². The van der Waals surface area contributed by atoms with E-state index in [9.17, 15) is 8.42 Å². The van der Waals surface area contributed by atoms with Crippen LogP contribution < -0.4 is 19.1 Å². The van der Waals surface area contributed by atoms with Crippen LogP contribution in [0.1, 0.15) is 0 Å². The molecule has 13 heteroatoms. The van der Waals surface area contributed by atoms with Crippen LogP contribution in [0.25, 0.3) is 16.9 Å². The molecular formula is C24H25ClN6O5S. The van der Waals surface area contributed by atoms with E-state index in [-0.39, 0.29) is 23.7 Å². The predicted octanol–water partition coefficient (Wildman–Crippen LogP) is 2.98. The Labute approximate surface area is 219 Å². The second kappa shape index (κ2) is 10.0. The van der Waals surface area contributed by atoms with Gasteiger partial charge >= 0.3 is 0 Å². The molecule has 4 aromatic rings. The normalized spacial score (nSPS) is 14.6. The van der Waals surface area contributed by atoms with Gasteiger partial charge in [-0.25, -0.2) is 13.4 Å². The van der Waals surface area contributed by atoms with Gasteiger partial charge in [-0.15, -0.1) is 0 Å². The lowest BCUT2D eigenvalue weighted by atomic mass is 10.1. The molecule has 194 valence electrons. The molecule has 2 aromatic heterocycles. The summed E-state index contributed by atoms with van der Waals surface area (Å²) in [5.74, 6) is 2.64. The molecule has 1 aliphatic heterocycles. The quantitative estimate of drug-likeness (QED) is 0.346. The summed E-state index contributed by atoms with van der Waals surface area (Å²) in [5, 5.41) is 4.71. The van der Waals surface area contributed by atoms with Crippen LogP contribution in [0.3, 0.4) is 0 Å². The molecule has 11 nitrogen and oxygen atoms in total. The van der Waals surface area contributed by atoms with Crippen LogP contribution >= 0.6 is 11.6 Å². The number of halogens is 1. The number of benzene rings is 2. The largest absolute Gasteiger partial charge is 0.495 e. The van der Waals surface area contributed by atoms with Crippen molar-refractivity contribution in [3.05, 3.63) is 53.9 Å². The smallest absolute Gasteiger partial charge is 0.254 e. The lowest BCUT2D eigenvalue weighted by Crippen LogP contribution is -2.49. The summed E-state index contributed by atoms with van der Waals surface area (Å²) >= 11 is 6.10. The van der Waals surface area contributed by atoms with E-state index in [0.29, 0.717) is 35.4 Å². The number of rotatable bonds is 7. The first-order chi connectivity index (χ1) is 17.9. The van der Waals surface area contributed by atoms with Gasteiger partial charge in [-0.2, -0.15) is 18.9 Å². The number of sulfonamides is 1. The molecule has 0 saturated carbocycles.